The van der Waals surface area contributed by atoms with Gasteiger partial charge in [-0.25, -0.2) is 0 Å². The highest BCUT2D eigenvalue weighted by Gasteiger charge is 2.32. The molecule has 1 aliphatic heterocycles. The van der Waals surface area contributed by atoms with Crippen molar-refractivity contribution < 1.29 is 32.7 Å². The van der Waals surface area contributed by atoms with E-state index in [2.05, 4.69) is 4.90 Å². The van der Waals surface area contributed by atoms with Gasteiger partial charge in [0.25, 0.3) is 0 Å². The number of aliphatic hydroxyl groups is 1. The van der Waals surface area contributed by atoms with E-state index in [1.807, 2.05) is 59.5 Å². The van der Waals surface area contributed by atoms with Crippen molar-refractivity contribution in [3.63, 3.8) is 0 Å². The molecule has 3 amide bonds. The van der Waals surface area contributed by atoms with Gasteiger partial charge in [0.1, 0.15) is 6.04 Å². The molecule has 0 unspecified atom stereocenters. The number of halogens is 3. The molecular formula is C35H39F3N4O4. The van der Waals surface area contributed by atoms with Crippen LogP contribution in [-0.2, 0) is 33.5 Å². The van der Waals surface area contributed by atoms with Gasteiger partial charge in [-0.1, -0.05) is 54.6 Å². The molecule has 0 aliphatic carbocycles. The Morgan fingerprint density at radius 3 is 2.09 bits per heavy atom. The number of aliphatic hydroxyl groups excluding tert-OH is 1. The SMILES string of the molecule is CC(=O)N1CCN(c2ccc(CN(C(=O)C=Cc3ccc(C(F)(F)F)cc3)[C@@H](Cc3ccccc3)C(=O)N(C)CCO)cc2)CC1. The molecule has 0 saturated carbocycles. The van der Waals surface area contributed by atoms with E-state index in [0.29, 0.717) is 31.7 Å². The number of carbonyl (C=O) groups is 3. The molecule has 1 fully saturated rings. The van der Waals surface area contributed by atoms with E-state index in [0.717, 1.165) is 28.9 Å². The fourth-order valence-electron chi connectivity index (χ4n) is 5.36. The lowest BCUT2D eigenvalue weighted by atomic mass is 10.0. The maximum absolute atomic E-state index is 13.9. The largest absolute Gasteiger partial charge is 0.416 e. The first-order valence-electron chi connectivity index (χ1n) is 15.1. The molecule has 3 aromatic carbocycles. The molecule has 46 heavy (non-hydrogen) atoms. The highest BCUT2D eigenvalue weighted by Crippen LogP contribution is 2.29. The van der Waals surface area contributed by atoms with Crippen LogP contribution in [0.3, 0.4) is 0 Å². The molecule has 1 N–H and O–H groups in total. The van der Waals surface area contributed by atoms with Crippen LogP contribution in [0.25, 0.3) is 6.08 Å². The van der Waals surface area contributed by atoms with Crippen LogP contribution < -0.4 is 4.90 Å². The summed E-state index contributed by atoms with van der Waals surface area (Å²) in [5.41, 5.74) is 2.20. The zero-order valence-electron chi connectivity index (χ0n) is 26.0. The Hall–Kier alpha value is -4.64. The number of carbonyl (C=O) groups excluding carboxylic acids is 3. The van der Waals surface area contributed by atoms with E-state index in [1.54, 1.807) is 14.0 Å². The number of alkyl halides is 3. The lowest BCUT2D eigenvalue weighted by Gasteiger charge is -2.36. The van der Waals surface area contributed by atoms with Crippen molar-refractivity contribution >= 4 is 29.5 Å². The molecule has 8 nitrogen and oxygen atoms in total. The predicted molar refractivity (Wildman–Crippen MR) is 171 cm³/mol. The number of hydrogen-bond donors (Lipinski definition) is 1. The summed E-state index contributed by atoms with van der Waals surface area (Å²) in [7, 11) is 1.57. The topological polar surface area (TPSA) is 84.4 Å². The molecule has 0 aromatic heterocycles. The Labute approximate surface area is 267 Å². The first-order valence-corrected chi connectivity index (χ1v) is 15.1. The van der Waals surface area contributed by atoms with Gasteiger partial charge in [-0.2, -0.15) is 13.2 Å². The molecule has 0 spiro atoms. The van der Waals surface area contributed by atoms with Gasteiger partial charge in [-0.3, -0.25) is 14.4 Å². The first-order chi connectivity index (χ1) is 22.0. The second-order valence-electron chi connectivity index (χ2n) is 11.3. The van der Waals surface area contributed by atoms with Crippen LogP contribution in [0, 0.1) is 0 Å². The number of likely N-dealkylation sites (N-methyl/N-ethyl adjacent to an activating group) is 1. The second kappa shape index (κ2) is 15.6. The molecule has 0 radical (unpaired) electrons. The summed E-state index contributed by atoms with van der Waals surface area (Å²) in [6.45, 7) is 4.15. The second-order valence-corrected chi connectivity index (χ2v) is 11.3. The highest BCUT2D eigenvalue weighted by molar-refractivity contribution is 5.95. The van der Waals surface area contributed by atoms with E-state index in [9.17, 15) is 32.7 Å². The third kappa shape index (κ3) is 9.20. The first kappa shape index (κ1) is 34.2. The zero-order valence-corrected chi connectivity index (χ0v) is 26.0. The molecule has 1 atom stereocenters. The van der Waals surface area contributed by atoms with Crippen LogP contribution in [-0.4, -0.2) is 89.9 Å². The lowest BCUT2D eigenvalue weighted by Crippen LogP contribution is -2.51. The summed E-state index contributed by atoms with van der Waals surface area (Å²) >= 11 is 0. The fourth-order valence-corrected chi connectivity index (χ4v) is 5.36. The minimum atomic E-state index is -4.47. The van der Waals surface area contributed by atoms with Crippen molar-refractivity contribution in [1.29, 1.82) is 0 Å². The number of piperazine rings is 1. The smallest absolute Gasteiger partial charge is 0.395 e. The van der Waals surface area contributed by atoms with Crippen molar-refractivity contribution in [2.45, 2.75) is 32.1 Å². The molecule has 4 rings (SSSR count). The average molecular weight is 637 g/mol. The maximum atomic E-state index is 13.9. The Balaban J connectivity index is 1.62. The standard InChI is InChI=1S/C35H39F3N4O4/c1-26(44)40-18-20-41(21-19-40)31-15-10-29(11-16-31)25-42(33(45)17-12-27-8-13-30(14-9-27)35(36,37)38)32(34(46)39(2)22-23-43)24-28-6-4-3-5-7-28/h3-17,32,43H,18-25H2,1-2H3/t32-/m0/s1. The van der Waals surface area contributed by atoms with Gasteiger partial charge in [0.05, 0.1) is 12.2 Å². The Bertz CT molecular complexity index is 1490. The average Bonchev–Trinajstić information content (AvgIpc) is 3.05. The minimum Gasteiger partial charge on any atom is -0.395 e. The van der Waals surface area contributed by atoms with E-state index in [1.165, 1.54) is 34.1 Å². The summed E-state index contributed by atoms with van der Waals surface area (Å²) in [6, 6.07) is 20.5. The van der Waals surface area contributed by atoms with Crippen LogP contribution in [0.15, 0.2) is 84.9 Å². The van der Waals surface area contributed by atoms with E-state index < -0.39 is 23.7 Å². The molecule has 0 bridgehead atoms. The predicted octanol–water partition coefficient (Wildman–Crippen LogP) is 4.48. The van der Waals surface area contributed by atoms with Crippen LogP contribution in [0.1, 0.15) is 29.2 Å². The van der Waals surface area contributed by atoms with Crippen molar-refractivity contribution in [2.24, 2.45) is 0 Å². The fraction of sp³-hybridized carbons (Fsp3) is 0.343. The van der Waals surface area contributed by atoms with Gasteiger partial charge in [0.15, 0.2) is 0 Å². The van der Waals surface area contributed by atoms with Gasteiger partial charge in [-0.15, -0.1) is 0 Å². The van der Waals surface area contributed by atoms with E-state index in [-0.39, 0.29) is 37.9 Å². The maximum Gasteiger partial charge on any atom is 0.416 e. The number of amides is 3. The number of anilines is 1. The third-order valence-electron chi connectivity index (χ3n) is 8.06. The number of hydrogen-bond acceptors (Lipinski definition) is 5. The van der Waals surface area contributed by atoms with Crippen LogP contribution in [0.2, 0.25) is 0 Å². The van der Waals surface area contributed by atoms with Crippen molar-refractivity contribution in [2.75, 3.05) is 51.3 Å². The van der Waals surface area contributed by atoms with Crippen LogP contribution in [0.5, 0.6) is 0 Å². The molecule has 1 heterocycles. The molecular weight excluding hydrogens is 597 g/mol. The Kier molecular flexibility index (Phi) is 11.6. The van der Waals surface area contributed by atoms with Gasteiger partial charge in [0.2, 0.25) is 17.7 Å². The van der Waals surface area contributed by atoms with Crippen LogP contribution in [0.4, 0.5) is 18.9 Å². The van der Waals surface area contributed by atoms with Gasteiger partial charge in [0, 0.05) is 71.4 Å². The molecule has 3 aromatic rings. The molecule has 1 aliphatic rings. The summed E-state index contributed by atoms with van der Waals surface area (Å²) in [5.74, 6) is -0.790. The van der Waals surface area contributed by atoms with Crippen molar-refractivity contribution in [3.8, 4) is 0 Å². The Morgan fingerprint density at radius 2 is 1.52 bits per heavy atom. The summed E-state index contributed by atoms with van der Waals surface area (Å²) in [6.07, 6.45) is -1.56. The highest BCUT2D eigenvalue weighted by atomic mass is 19.4. The van der Waals surface area contributed by atoms with Crippen molar-refractivity contribution in [3.05, 3.63) is 107 Å². The molecule has 1 saturated heterocycles. The minimum absolute atomic E-state index is 0.0522. The third-order valence-corrected chi connectivity index (χ3v) is 8.06. The lowest BCUT2D eigenvalue weighted by molar-refractivity contribution is -0.143. The van der Waals surface area contributed by atoms with E-state index in [4.69, 9.17) is 0 Å². The summed E-state index contributed by atoms with van der Waals surface area (Å²) in [5, 5.41) is 9.52. The van der Waals surface area contributed by atoms with Gasteiger partial charge in [-0.05, 0) is 47.0 Å². The zero-order chi connectivity index (χ0) is 33.3. The number of benzene rings is 3. The number of rotatable bonds is 11. The van der Waals surface area contributed by atoms with Crippen LogP contribution >= 0.6 is 0 Å². The summed E-state index contributed by atoms with van der Waals surface area (Å²) in [4.78, 5) is 46.2. The normalized spacial score (nSPS) is 14.3. The number of nitrogens with zero attached hydrogens (tertiary/aromatic N) is 4. The monoisotopic (exact) mass is 636 g/mol. The van der Waals surface area contributed by atoms with E-state index >= 15 is 0 Å². The Morgan fingerprint density at radius 1 is 0.891 bits per heavy atom. The quantitative estimate of drug-likeness (QED) is 0.314. The summed E-state index contributed by atoms with van der Waals surface area (Å²) < 4.78 is 39.1. The molecule has 244 valence electrons. The van der Waals surface area contributed by atoms with Gasteiger partial charge < -0.3 is 24.7 Å². The van der Waals surface area contributed by atoms with Crippen molar-refractivity contribution in [1.82, 2.24) is 14.7 Å². The van der Waals surface area contributed by atoms with Gasteiger partial charge >= 0.3 is 6.18 Å². The molecule has 11 heteroatoms.